The quantitative estimate of drug-likeness (QED) is 0.479. The lowest BCUT2D eigenvalue weighted by molar-refractivity contribution is -0.384. The first kappa shape index (κ1) is 23.8. The van der Waals surface area contributed by atoms with Crippen LogP contribution in [0.5, 0.6) is 11.5 Å². The number of rotatable bonds is 8. The number of hydrogen-bond acceptors (Lipinski definition) is 7. The molecular formula is C23H28N4O6. The van der Waals surface area contributed by atoms with Crippen molar-refractivity contribution in [3.05, 3.63) is 57.6 Å². The van der Waals surface area contributed by atoms with Crippen LogP contribution in [0, 0.1) is 10.1 Å². The van der Waals surface area contributed by atoms with Crippen molar-refractivity contribution in [3.8, 4) is 11.5 Å². The summed E-state index contributed by atoms with van der Waals surface area (Å²) in [4.78, 5) is 38.9. The molecule has 1 aliphatic heterocycles. The summed E-state index contributed by atoms with van der Waals surface area (Å²) in [5.74, 6) is 0.935. The minimum absolute atomic E-state index is 0.0107. The van der Waals surface area contributed by atoms with Gasteiger partial charge < -0.3 is 24.6 Å². The first-order chi connectivity index (χ1) is 15.8. The van der Waals surface area contributed by atoms with E-state index in [4.69, 9.17) is 9.47 Å². The maximum absolute atomic E-state index is 12.6. The van der Waals surface area contributed by atoms with Crippen LogP contribution in [0.2, 0.25) is 0 Å². The zero-order valence-corrected chi connectivity index (χ0v) is 19.0. The maximum atomic E-state index is 12.6. The fraction of sp³-hybridized carbons (Fsp3) is 0.391. The number of nitro groups is 1. The van der Waals surface area contributed by atoms with Gasteiger partial charge >= 0.3 is 0 Å². The highest BCUT2D eigenvalue weighted by Gasteiger charge is 2.25. The van der Waals surface area contributed by atoms with Gasteiger partial charge in [0.1, 0.15) is 17.2 Å². The minimum atomic E-state index is -0.480. The molecule has 0 spiro atoms. The van der Waals surface area contributed by atoms with Crippen molar-refractivity contribution in [3.63, 3.8) is 0 Å². The molecule has 0 aliphatic carbocycles. The second kappa shape index (κ2) is 10.7. The van der Waals surface area contributed by atoms with E-state index in [0.29, 0.717) is 56.3 Å². The predicted octanol–water partition coefficient (Wildman–Crippen LogP) is 2.25. The lowest BCUT2D eigenvalue weighted by Gasteiger charge is -2.35. The molecule has 0 saturated carbocycles. The van der Waals surface area contributed by atoms with Crippen molar-refractivity contribution in [1.82, 2.24) is 10.2 Å². The lowest BCUT2D eigenvalue weighted by Crippen LogP contribution is -2.48. The Labute approximate surface area is 192 Å². The number of nitro benzene ring substituents is 1. The van der Waals surface area contributed by atoms with Gasteiger partial charge in [0.05, 0.1) is 19.1 Å². The number of nitrogens with one attached hydrogen (secondary N) is 1. The van der Waals surface area contributed by atoms with Crippen molar-refractivity contribution >= 4 is 23.2 Å². The predicted molar refractivity (Wildman–Crippen MR) is 123 cm³/mol. The third kappa shape index (κ3) is 5.71. The van der Waals surface area contributed by atoms with Gasteiger partial charge in [0, 0.05) is 57.3 Å². The molecule has 0 radical (unpaired) electrons. The number of nitrogens with zero attached hydrogens (tertiary/aromatic N) is 3. The van der Waals surface area contributed by atoms with E-state index < -0.39 is 10.8 Å². The SMILES string of the molecule is COc1ccc(CCNC(=O)c2ccc(N3CCN(C(C)=O)CC3)c([N+](=O)[O-])c2)c(OC)c1. The van der Waals surface area contributed by atoms with Crippen molar-refractivity contribution < 1.29 is 24.0 Å². The third-order valence-corrected chi connectivity index (χ3v) is 5.67. The fourth-order valence-corrected chi connectivity index (χ4v) is 3.81. The van der Waals surface area contributed by atoms with Crippen LogP contribution in [0.15, 0.2) is 36.4 Å². The van der Waals surface area contributed by atoms with E-state index in [2.05, 4.69) is 5.32 Å². The van der Waals surface area contributed by atoms with Gasteiger partial charge in [-0.05, 0) is 30.2 Å². The number of methoxy groups -OCH3 is 2. The van der Waals surface area contributed by atoms with Crippen LogP contribution in [0.25, 0.3) is 0 Å². The van der Waals surface area contributed by atoms with Gasteiger partial charge in [0.15, 0.2) is 0 Å². The molecule has 10 nitrogen and oxygen atoms in total. The molecule has 1 fully saturated rings. The van der Waals surface area contributed by atoms with E-state index in [1.54, 1.807) is 37.3 Å². The number of benzene rings is 2. The van der Waals surface area contributed by atoms with E-state index >= 15 is 0 Å². The van der Waals surface area contributed by atoms with Crippen molar-refractivity contribution in [2.75, 3.05) is 51.8 Å². The third-order valence-electron chi connectivity index (χ3n) is 5.67. The van der Waals surface area contributed by atoms with Crippen LogP contribution < -0.4 is 19.7 Å². The van der Waals surface area contributed by atoms with Crippen molar-refractivity contribution in [2.24, 2.45) is 0 Å². The summed E-state index contributed by atoms with van der Waals surface area (Å²) >= 11 is 0. The average Bonchev–Trinajstić information content (AvgIpc) is 2.83. The van der Waals surface area contributed by atoms with Crippen molar-refractivity contribution in [1.29, 1.82) is 0 Å². The van der Waals surface area contributed by atoms with Crippen LogP contribution in [0.4, 0.5) is 11.4 Å². The molecule has 0 atom stereocenters. The van der Waals surface area contributed by atoms with Crippen LogP contribution in [0.3, 0.4) is 0 Å². The summed E-state index contributed by atoms with van der Waals surface area (Å²) in [5.41, 5.74) is 1.44. The van der Waals surface area contributed by atoms with E-state index in [1.165, 1.54) is 13.0 Å². The molecule has 1 saturated heterocycles. The number of hydrogen-bond donors (Lipinski definition) is 1. The average molecular weight is 456 g/mol. The molecule has 176 valence electrons. The Morgan fingerprint density at radius 1 is 1.06 bits per heavy atom. The van der Waals surface area contributed by atoms with Gasteiger partial charge in [0.2, 0.25) is 5.91 Å². The van der Waals surface area contributed by atoms with Crippen LogP contribution >= 0.6 is 0 Å². The smallest absolute Gasteiger partial charge is 0.293 e. The molecule has 2 amide bonds. The Bertz CT molecular complexity index is 1030. The Kier molecular flexibility index (Phi) is 7.70. The van der Waals surface area contributed by atoms with E-state index in [9.17, 15) is 19.7 Å². The molecule has 10 heteroatoms. The maximum Gasteiger partial charge on any atom is 0.293 e. The van der Waals surface area contributed by atoms with Gasteiger partial charge in [-0.15, -0.1) is 0 Å². The summed E-state index contributed by atoms with van der Waals surface area (Å²) in [7, 11) is 3.14. The largest absolute Gasteiger partial charge is 0.497 e. The molecule has 0 unspecified atom stereocenters. The summed E-state index contributed by atoms with van der Waals surface area (Å²) in [5, 5.41) is 14.5. The first-order valence-corrected chi connectivity index (χ1v) is 10.6. The molecule has 3 rings (SSSR count). The minimum Gasteiger partial charge on any atom is -0.497 e. The van der Waals surface area contributed by atoms with Gasteiger partial charge in [-0.3, -0.25) is 19.7 Å². The molecule has 1 heterocycles. The number of piperazine rings is 1. The summed E-state index contributed by atoms with van der Waals surface area (Å²) in [6.07, 6.45) is 0.527. The molecule has 2 aromatic carbocycles. The molecule has 1 aliphatic rings. The second-order valence-corrected chi connectivity index (χ2v) is 7.64. The Balaban J connectivity index is 1.66. The highest BCUT2D eigenvalue weighted by Crippen LogP contribution is 2.30. The summed E-state index contributed by atoms with van der Waals surface area (Å²) in [6.45, 7) is 3.85. The number of ether oxygens (including phenoxy) is 2. The molecule has 2 aromatic rings. The van der Waals surface area contributed by atoms with Crippen LogP contribution in [-0.2, 0) is 11.2 Å². The number of carbonyl (C=O) groups is 2. The zero-order chi connectivity index (χ0) is 24.0. The molecule has 0 aromatic heterocycles. The monoisotopic (exact) mass is 456 g/mol. The second-order valence-electron chi connectivity index (χ2n) is 7.64. The Morgan fingerprint density at radius 3 is 2.39 bits per heavy atom. The van der Waals surface area contributed by atoms with Crippen molar-refractivity contribution in [2.45, 2.75) is 13.3 Å². The van der Waals surface area contributed by atoms with Gasteiger partial charge in [-0.2, -0.15) is 0 Å². The lowest BCUT2D eigenvalue weighted by atomic mass is 10.1. The van der Waals surface area contributed by atoms with E-state index in [0.717, 1.165) is 5.56 Å². The first-order valence-electron chi connectivity index (χ1n) is 10.6. The topological polar surface area (TPSA) is 114 Å². The highest BCUT2D eigenvalue weighted by molar-refractivity contribution is 5.95. The molecular weight excluding hydrogens is 428 g/mol. The van der Waals surface area contributed by atoms with Crippen LogP contribution in [-0.4, -0.2) is 68.6 Å². The zero-order valence-electron chi connectivity index (χ0n) is 19.0. The standard InChI is InChI=1S/C23H28N4O6/c1-16(28)25-10-12-26(13-11-25)20-7-5-18(14-21(20)27(30)31)23(29)24-9-8-17-4-6-19(32-2)15-22(17)33-3/h4-7,14-15H,8-13H2,1-3H3,(H,24,29). The number of carbonyl (C=O) groups excluding carboxylic acids is 2. The number of amides is 2. The number of anilines is 1. The molecule has 0 bridgehead atoms. The van der Waals surface area contributed by atoms with Gasteiger partial charge in [0.25, 0.3) is 11.6 Å². The van der Waals surface area contributed by atoms with Gasteiger partial charge in [-0.1, -0.05) is 6.07 Å². The van der Waals surface area contributed by atoms with Crippen LogP contribution in [0.1, 0.15) is 22.8 Å². The van der Waals surface area contributed by atoms with E-state index in [-0.39, 0.29) is 17.2 Å². The molecule has 33 heavy (non-hydrogen) atoms. The summed E-state index contributed by atoms with van der Waals surface area (Å²) < 4.78 is 10.6. The fourth-order valence-electron chi connectivity index (χ4n) is 3.81. The van der Waals surface area contributed by atoms with E-state index in [1.807, 2.05) is 17.0 Å². The Morgan fingerprint density at radius 2 is 1.79 bits per heavy atom. The van der Waals surface area contributed by atoms with Gasteiger partial charge in [-0.25, -0.2) is 0 Å². The molecule has 1 N–H and O–H groups in total. The summed E-state index contributed by atoms with van der Waals surface area (Å²) in [6, 6.07) is 9.95. The Hall–Kier alpha value is -3.82. The highest BCUT2D eigenvalue weighted by atomic mass is 16.6. The normalized spacial score (nSPS) is 13.4.